The fourth-order valence-corrected chi connectivity index (χ4v) is 2.93. The third-order valence-electron chi connectivity index (χ3n) is 2.23. The lowest BCUT2D eigenvalue weighted by molar-refractivity contribution is -0.144. The molecule has 0 bridgehead atoms. The minimum atomic E-state index is -3.45. The predicted molar refractivity (Wildman–Crippen MR) is 75.5 cm³/mol. The van der Waals surface area contributed by atoms with Crippen molar-refractivity contribution >= 4 is 38.4 Å². The molecule has 0 saturated carbocycles. The van der Waals surface area contributed by atoms with Crippen molar-refractivity contribution in [2.75, 3.05) is 11.0 Å². The highest BCUT2D eigenvalue weighted by Gasteiger charge is 2.25. The number of carbonyl (C=O) groups is 2. The Bertz CT molecular complexity index is 624. The first-order valence-electron chi connectivity index (χ1n) is 5.71. The van der Waals surface area contributed by atoms with Gasteiger partial charge in [0, 0.05) is 5.38 Å². The average Bonchev–Trinajstić information content (AvgIpc) is 2.69. The summed E-state index contributed by atoms with van der Waals surface area (Å²) in [6, 6.07) is -1.41. The van der Waals surface area contributed by atoms with E-state index < -0.39 is 34.0 Å². The van der Waals surface area contributed by atoms with Gasteiger partial charge in [-0.2, -0.15) is 0 Å². The number of aromatic nitrogens is 1. The number of aliphatic carboxylic acids is 1. The summed E-state index contributed by atoms with van der Waals surface area (Å²) >= 11 is 1.00. The van der Waals surface area contributed by atoms with Gasteiger partial charge < -0.3 is 15.5 Å². The van der Waals surface area contributed by atoms with E-state index in [9.17, 15) is 23.1 Å². The van der Waals surface area contributed by atoms with Gasteiger partial charge in [0.05, 0.1) is 24.5 Å². The predicted octanol–water partition coefficient (Wildman–Crippen LogP) is -0.993. The van der Waals surface area contributed by atoms with Crippen molar-refractivity contribution in [1.82, 2.24) is 10.3 Å². The van der Waals surface area contributed by atoms with E-state index in [1.54, 1.807) is 0 Å². The Labute approximate surface area is 125 Å². The Kier molecular flexibility index (Phi) is 5.63. The molecule has 21 heavy (non-hydrogen) atoms. The van der Waals surface area contributed by atoms with E-state index in [1.807, 2.05) is 0 Å². The molecular formula is C10H15N3O6S2. The second kappa shape index (κ2) is 6.83. The molecule has 1 amide bonds. The first-order valence-corrected chi connectivity index (χ1v) is 8.48. The monoisotopic (exact) mass is 337 g/mol. The molecule has 0 radical (unpaired) electrons. The van der Waals surface area contributed by atoms with Crippen LogP contribution in [0.25, 0.3) is 0 Å². The van der Waals surface area contributed by atoms with Gasteiger partial charge in [0.25, 0.3) is 0 Å². The normalized spacial score (nSPS) is 14.2. The van der Waals surface area contributed by atoms with E-state index in [0.29, 0.717) is 5.69 Å². The number of aliphatic hydroxyl groups is 1. The average molecular weight is 337 g/mol. The molecule has 0 aliphatic rings. The van der Waals surface area contributed by atoms with Crippen LogP contribution in [-0.2, 0) is 26.0 Å². The van der Waals surface area contributed by atoms with Gasteiger partial charge in [0.1, 0.15) is 0 Å². The fraction of sp³-hybridized carbons (Fsp3) is 0.500. The summed E-state index contributed by atoms with van der Waals surface area (Å²) < 4.78 is 24.2. The largest absolute Gasteiger partial charge is 0.480 e. The molecule has 1 rings (SSSR count). The van der Waals surface area contributed by atoms with Crippen LogP contribution in [0, 0.1) is 0 Å². The number of hydrogen-bond acceptors (Lipinski definition) is 7. The van der Waals surface area contributed by atoms with Crippen molar-refractivity contribution in [2.45, 2.75) is 25.5 Å². The van der Waals surface area contributed by atoms with E-state index in [0.717, 1.165) is 17.6 Å². The lowest BCUT2D eigenvalue weighted by atomic mass is 10.2. The van der Waals surface area contributed by atoms with Crippen molar-refractivity contribution in [3.63, 3.8) is 0 Å². The molecule has 2 atom stereocenters. The molecule has 11 heteroatoms. The Hall–Kier alpha value is -1.72. The summed E-state index contributed by atoms with van der Waals surface area (Å²) in [7, 11) is -3.45. The fourth-order valence-electron chi connectivity index (χ4n) is 1.37. The number of sulfonamides is 1. The van der Waals surface area contributed by atoms with Crippen LogP contribution >= 0.6 is 11.3 Å². The number of carboxylic acid groups (broad SMARTS) is 1. The summed E-state index contributed by atoms with van der Waals surface area (Å²) in [6.07, 6.45) is -0.497. The van der Waals surface area contributed by atoms with Crippen molar-refractivity contribution in [2.24, 2.45) is 0 Å². The maximum Gasteiger partial charge on any atom is 0.328 e. The van der Waals surface area contributed by atoms with E-state index in [2.05, 4.69) is 15.0 Å². The SMILES string of the molecule is CC(O)C(NC(=O)Cc1csc(NS(C)(=O)=O)n1)C(=O)O. The van der Waals surface area contributed by atoms with Crippen LogP contribution in [0.5, 0.6) is 0 Å². The number of rotatable bonds is 7. The summed E-state index contributed by atoms with van der Waals surface area (Å²) in [4.78, 5) is 26.4. The smallest absolute Gasteiger partial charge is 0.328 e. The molecule has 118 valence electrons. The molecule has 9 nitrogen and oxygen atoms in total. The number of nitrogens with zero attached hydrogens (tertiary/aromatic N) is 1. The van der Waals surface area contributed by atoms with Gasteiger partial charge in [-0.25, -0.2) is 18.2 Å². The van der Waals surface area contributed by atoms with Gasteiger partial charge in [-0.3, -0.25) is 9.52 Å². The summed E-state index contributed by atoms with van der Waals surface area (Å²) in [6.45, 7) is 1.25. The van der Waals surface area contributed by atoms with Gasteiger partial charge in [0.2, 0.25) is 15.9 Å². The molecule has 0 fully saturated rings. The number of nitrogens with one attached hydrogen (secondary N) is 2. The van der Waals surface area contributed by atoms with Crippen LogP contribution in [0.4, 0.5) is 5.13 Å². The number of aliphatic hydroxyl groups excluding tert-OH is 1. The van der Waals surface area contributed by atoms with Crippen molar-refractivity contribution in [3.05, 3.63) is 11.1 Å². The minimum absolute atomic E-state index is 0.116. The van der Waals surface area contributed by atoms with E-state index in [1.165, 1.54) is 12.3 Å². The highest BCUT2D eigenvalue weighted by molar-refractivity contribution is 7.92. The zero-order valence-corrected chi connectivity index (χ0v) is 12.9. The lowest BCUT2D eigenvalue weighted by Gasteiger charge is -2.16. The van der Waals surface area contributed by atoms with E-state index >= 15 is 0 Å². The molecule has 4 N–H and O–H groups in total. The molecule has 0 aliphatic carbocycles. The topological polar surface area (TPSA) is 146 Å². The first kappa shape index (κ1) is 17.3. The van der Waals surface area contributed by atoms with Gasteiger partial charge in [-0.05, 0) is 6.92 Å². The zero-order valence-electron chi connectivity index (χ0n) is 11.2. The molecule has 1 aromatic rings. The number of carbonyl (C=O) groups excluding carboxylic acids is 1. The second-order valence-electron chi connectivity index (χ2n) is 4.32. The second-order valence-corrected chi connectivity index (χ2v) is 6.93. The molecule has 1 heterocycles. The highest BCUT2D eigenvalue weighted by Crippen LogP contribution is 2.16. The molecule has 0 aliphatic heterocycles. The Morgan fingerprint density at radius 3 is 2.57 bits per heavy atom. The van der Waals surface area contributed by atoms with Crippen LogP contribution in [0.15, 0.2) is 5.38 Å². The van der Waals surface area contributed by atoms with Crippen LogP contribution in [0.2, 0.25) is 0 Å². The van der Waals surface area contributed by atoms with Gasteiger partial charge in [-0.1, -0.05) is 0 Å². The molecule has 1 aromatic heterocycles. The van der Waals surface area contributed by atoms with Gasteiger partial charge in [-0.15, -0.1) is 11.3 Å². The lowest BCUT2D eigenvalue weighted by Crippen LogP contribution is -2.48. The molecule has 0 spiro atoms. The third-order valence-corrected chi connectivity index (χ3v) is 3.73. The number of thiazole rings is 1. The van der Waals surface area contributed by atoms with Crippen molar-refractivity contribution < 1.29 is 28.2 Å². The van der Waals surface area contributed by atoms with Crippen molar-refractivity contribution in [3.8, 4) is 0 Å². The standard InChI is InChI=1S/C10H15N3O6S2/c1-5(14)8(9(16)17)12-7(15)3-6-4-20-10(11-6)13-21(2,18)19/h4-5,8,14H,3H2,1-2H3,(H,11,13)(H,12,15)(H,16,17). The molecule has 2 unspecified atom stereocenters. The summed E-state index contributed by atoms with van der Waals surface area (Å²) in [5.41, 5.74) is 0.290. The van der Waals surface area contributed by atoms with Crippen LogP contribution in [0.1, 0.15) is 12.6 Å². The number of hydrogen-bond donors (Lipinski definition) is 4. The number of anilines is 1. The van der Waals surface area contributed by atoms with Crippen LogP contribution in [0.3, 0.4) is 0 Å². The maximum atomic E-state index is 11.7. The third kappa shape index (κ3) is 6.06. The Morgan fingerprint density at radius 2 is 2.10 bits per heavy atom. The minimum Gasteiger partial charge on any atom is -0.480 e. The quantitative estimate of drug-likeness (QED) is 0.499. The number of amides is 1. The van der Waals surface area contributed by atoms with Gasteiger partial charge >= 0.3 is 5.97 Å². The highest BCUT2D eigenvalue weighted by atomic mass is 32.2. The van der Waals surface area contributed by atoms with Crippen molar-refractivity contribution in [1.29, 1.82) is 0 Å². The summed E-state index contributed by atoms with van der Waals surface area (Å²) in [5, 5.41) is 21.8. The zero-order chi connectivity index (χ0) is 16.2. The van der Waals surface area contributed by atoms with E-state index in [-0.39, 0.29) is 11.6 Å². The van der Waals surface area contributed by atoms with Gasteiger partial charge in [0.15, 0.2) is 11.2 Å². The number of carboxylic acids is 1. The van der Waals surface area contributed by atoms with Crippen LogP contribution in [-0.4, -0.2) is 53.9 Å². The molecule has 0 aromatic carbocycles. The maximum absolute atomic E-state index is 11.7. The van der Waals surface area contributed by atoms with Crippen LogP contribution < -0.4 is 10.0 Å². The Morgan fingerprint density at radius 1 is 1.48 bits per heavy atom. The van der Waals surface area contributed by atoms with E-state index in [4.69, 9.17) is 5.11 Å². The first-order chi connectivity index (χ1) is 9.58. The Balaban J connectivity index is 2.65. The molecule has 0 saturated heterocycles. The summed E-state index contributed by atoms with van der Waals surface area (Å²) in [5.74, 6) is -1.99. The molecular weight excluding hydrogens is 322 g/mol.